The van der Waals surface area contributed by atoms with Gasteiger partial charge >= 0.3 is 0 Å². The quantitative estimate of drug-likeness (QED) is 0.824. The second-order valence-electron chi connectivity index (χ2n) is 3.05. The average Bonchev–Trinajstić information content (AvgIpc) is 2.57. The van der Waals surface area contributed by atoms with Gasteiger partial charge in [0.15, 0.2) is 11.6 Å². The molecule has 0 unspecified atom stereocenters. The molecule has 14 heavy (non-hydrogen) atoms. The van der Waals surface area contributed by atoms with Crippen molar-refractivity contribution in [1.82, 2.24) is 5.16 Å². The second kappa shape index (κ2) is 3.61. The molecule has 0 aliphatic heterocycles. The van der Waals surface area contributed by atoms with E-state index in [-0.39, 0.29) is 0 Å². The lowest BCUT2D eigenvalue weighted by molar-refractivity contribution is 0.435. The number of anilines is 1. The zero-order valence-electron chi connectivity index (χ0n) is 7.62. The van der Waals surface area contributed by atoms with Crippen molar-refractivity contribution in [2.75, 3.05) is 5.73 Å². The van der Waals surface area contributed by atoms with Crippen LogP contribution in [-0.2, 0) is 0 Å². The van der Waals surface area contributed by atoms with Gasteiger partial charge in [0.25, 0.3) is 0 Å². The van der Waals surface area contributed by atoms with Crippen LogP contribution >= 0.6 is 22.6 Å². The van der Waals surface area contributed by atoms with Gasteiger partial charge in [-0.3, -0.25) is 0 Å². The molecule has 1 heterocycles. The van der Waals surface area contributed by atoms with Crippen LogP contribution < -0.4 is 5.73 Å². The summed E-state index contributed by atoms with van der Waals surface area (Å²) in [6, 6.07) is 7.78. The van der Waals surface area contributed by atoms with Crippen LogP contribution in [0.2, 0.25) is 0 Å². The molecular formula is C10H9IN2O. The topological polar surface area (TPSA) is 52.0 Å². The number of nitrogens with zero attached hydrogens (tertiary/aromatic N) is 1. The highest BCUT2D eigenvalue weighted by atomic mass is 127. The first-order valence-electron chi connectivity index (χ1n) is 4.16. The van der Waals surface area contributed by atoms with E-state index in [9.17, 15) is 0 Å². The van der Waals surface area contributed by atoms with Crippen molar-refractivity contribution < 1.29 is 4.52 Å². The number of aryl methyl sites for hydroxylation is 1. The highest BCUT2D eigenvalue weighted by molar-refractivity contribution is 14.1. The maximum atomic E-state index is 5.50. The second-order valence-corrected chi connectivity index (χ2v) is 4.13. The molecule has 0 spiro atoms. The Labute approximate surface area is 95.4 Å². The summed E-state index contributed by atoms with van der Waals surface area (Å²) in [7, 11) is 0. The Morgan fingerprint density at radius 3 is 2.86 bits per heavy atom. The van der Waals surface area contributed by atoms with Crippen LogP contribution in [0.15, 0.2) is 28.8 Å². The van der Waals surface area contributed by atoms with Gasteiger partial charge in [-0.05, 0) is 35.1 Å². The molecule has 0 aliphatic carbocycles. The van der Waals surface area contributed by atoms with Gasteiger partial charge in [0.2, 0.25) is 0 Å². The molecule has 0 radical (unpaired) electrons. The lowest BCUT2D eigenvalue weighted by atomic mass is 10.1. The normalized spacial score (nSPS) is 10.4. The number of rotatable bonds is 1. The van der Waals surface area contributed by atoms with E-state index < -0.39 is 0 Å². The minimum absolute atomic E-state index is 0.414. The maximum Gasteiger partial charge on any atom is 0.170 e. The summed E-state index contributed by atoms with van der Waals surface area (Å²) in [5, 5.41) is 3.66. The van der Waals surface area contributed by atoms with Crippen LogP contribution in [0.3, 0.4) is 0 Å². The standard InChI is InChI=1S/C10H9IN2O/c1-6-3-2-4-7(10(6)11)8-5-9(12)13-14-8/h2-5H,1H3,(H2,12,13). The first-order valence-corrected chi connectivity index (χ1v) is 5.24. The van der Waals surface area contributed by atoms with Crippen LogP contribution in [0.1, 0.15) is 5.56 Å². The first-order chi connectivity index (χ1) is 6.68. The summed E-state index contributed by atoms with van der Waals surface area (Å²) in [5.41, 5.74) is 7.75. The van der Waals surface area contributed by atoms with E-state index in [1.54, 1.807) is 6.07 Å². The zero-order valence-corrected chi connectivity index (χ0v) is 9.78. The molecule has 0 bridgehead atoms. The van der Waals surface area contributed by atoms with E-state index in [4.69, 9.17) is 10.3 Å². The predicted octanol–water partition coefficient (Wildman–Crippen LogP) is 2.84. The fraction of sp³-hybridized carbons (Fsp3) is 0.100. The first kappa shape index (κ1) is 9.51. The van der Waals surface area contributed by atoms with E-state index in [0.29, 0.717) is 5.82 Å². The molecule has 2 rings (SSSR count). The largest absolute Gasteiger partial charge is 0.381 e. The van der Waals surface area contributed by atoms with Crippen molar-refractivity contribution >= 4 is 28.4 Å². The van der Waals surface area contributed by atoms with Gasteiger partial charge in [0.1, 0.15) is 0 Å². The van der Waals surface area contributed by atoms with Crippen LogP contribution in [0.25, 0.3) is 11.3 Å². The zero-order chi connectivity index (χ0) is 10.1. The molecule has 72 valence electrons. The van der Waals surface area contributed by atoms with Crippen LogP contribution in [0.4, 0.5) is 5.82 Å². The number of hydrogen-bond donors (Lipinski definition) is 1. The molecule has 0 atom stereocenters. The predicted molar refractivity (Wildman–Crippen MR) is 63.8 cm³/mol. The van der Waals surface area contributed by atoms with E-state index in [0.717, 1.165) is 11.3 Å². The summed E-state index contributed by atoms with van der Waals surface area (Å²) in [6.07, 6.45) is 0. The van der Waals surface area contributed by atoms with Gasteiger partial charge in [0.05, 0.1) is 0 Å². The summed E-state index contributed by atoms with van der Waals surface area (Å²) < 4.78 is 6.27. The number of nitrogens with two attached hydrogens (primary N) is 1. The molecule has 2 N–H and O–H groups in total. The highest BCUT2D eigenvalue weighted by Crippen LogP contribution is 2.28. The van der Waals surface area contributed by atoms with Crippen molar-refractivity contribution in [1.29, 1.82) is 0 Å². The third-order valence-corrected chi connectivity index (χ3v) is 3.42. The highest BCUT2D eigenvalue weighted by Gasteiger charge is 2.09. The number of halogens is 1. The third kappa shape index (κ3) is 1.61. The molecule has 0 fully saturated rings. The molecule has 2 aromatic rings. The van der Waals surface area contributed by atoms with E-state index >= 15 is 0 Å². The van der Waals surface area contributed by atoms with Crippen molar-refractivity contribution in [3.63, 3.8) is 0 Å². The van der Waals surface area contributed by atoms with Crippen LogP contribution in [-0.4, -0.2) is 5.16 Å². The van der Waals surface area contributed by atoms with Crippen molar-refractivity contribution in [2.45, 2.75) is 6.92 Å². The summed E-state index contributed by atoms with van der Waals surface area (Å²) in [4.78, 5) is 0. The Hall–Kier alpha value is -1.04. The lowest BCUT2D eigenvalue weighted by Gasteiger charge is -2.02. The van der Waals surface area contributed by atoms with Crippen LogP contribution in [0, 0.1) is 10.5 Å². The average molecular weight is 300 g/mol. The number of benzene rings is 1. The van der Waals surface area contributed by atoms with Gasteiger partial charge in [-0.15, -0.1) is 0 Å². The maximum absolute atomic E-state index is 5.50. The fourth-order valence-corrected chi connectivity index (χ4v) is 1.88. The summed E-state index contributed by atoms with van der Waals surface area (Å²) >= 11 is 2.29. The molecule has 3 nitrogen and oxygen atoms in total. The Morgan fingerprint density at radius 2 is 2.21 bits per heavy atom. The molecule has 0 saturated heterocycles. The molecule has 1 aromatic carbocycles. The molecule has 0 saturated carbocycles. The SMILES string of the molecule is Cc1cccc(-c2cc(N)no2)c1I. The van der Waals surface area contributed by atoms with Crippen LogP contribution in [0.5, 0.6) is 0 Å². The minimum Gasteiger partial charge on any atom is -0.381 e. The molecule has 0 aliphatic rings. The minimum atomic E-state index is 0.414. The van der Waals surface area contributed by atoms with Gasteiger partial charge in [-0.25, -0.2) is 0 Å². The molecular weight excluding hydrogens is 291 g/mol. The Morgan fingerprint density at radius 1 is 1.43 bits per heavy atom. The molecule has 1 aromatic heterocycles. The summed E-state index contributed by atoms with van der Waals surface area (Å²) in [6.45, 7) is 2.06. The smallest absolute Gasteiger partial charge is 0.170 e. The molecule has 4 heteroatoms. The fourth-order valence-electron chi connectivity index (χ4n) is 1.25. The Balaban J connectivity index is 2.57. The number of hydrogen-bond acceptors (Lipinski definition) is 3. The lowest BCUT2D eigenvalue weighted by Crippen LogP contribution is -1.84. The Bertz CT molecular complexity index is 465. The van der Waals surface area contributed by atoms with Gasteiger partial charge in [-0.1, -0.05) is 23.4 Å². The van der Waals surface area contributed by atoms with Crippen molar-refractivity contribution in [2.24, 2.45) is 0 Å². The van der Waals surface area contributed by atoms with Gasteiger partial charge in [0, 0.05) is 15.2 Å². The Kier molecular flexibility index (Phi) is 2.45. The number of nitrogen functional groups attached to an aromatic ring is 1. The van der Waals surface area contributed by atoms with Crippen molar-refractivity contribution in [3.05, 3.63) is 33.4 Å². The third-order valence-electron chi connectivity index (χ3n) is 1.99. The van der Waals surface area contributed by atoms with Crippen molar-refractivity contribution in [3.8, 4) is 11.3 Å². The van der Waals surface area contributed by atoms with E-state index in [1.165, 1.54) is 9.13 Å². The van der Waals surface area contributed by atoms with E-state index in [1.807, 2.05) is 12.1 Å². The molecule has 0 amide bonds. The van der Waals surface area contributed by atoms with Gasteiger partial charge < -0.3 is 10.3 Å². The number of aromatic nitrogens is 1. The van der Waals surface area contributed by atoms with E-state index in [2.05, 4.69) is 40.7 Å². The summed E-state index contributed by atoms with van der Waals surface area (Å²) in [5.74, 6) is 1.13. The van der Waals surface area contributed by atoms with Gasteiger partial charge in [-0.2, -0.15) is 0 Å². The monoisotopic (exact) mass is 300 g/mol.